The van der Waals surface area contributed by atoms with Gasteiger partial charge in [-0.05, 0) is 80.7 Å². The van der Waals surface area contributed by atoms with E-state index in [0.717, 1.165) is 45.1 Å². The van der Waals surface area contributed by atoms with Gasteiger partial charge < -0.3 is 15.4 Å². The summed E-state index contributed by atoms with van der Waals surface area (Å²) >= 11 is 0. The lowest BCUT2D eigenvalue weighted by Gasteiger charge is -2.43. The van der Waals surface area contributed by atoms with Crippen molar-refractivity contribution in [3.63, 3.8) is 0 Å². The van der Waals surface area contributed by atoms with Crippen LogP contribution in [0.15, 0.2) is 0 Å². The molecule has 24 heavy (non-hydrogen) atoms. The van der Waals surface area contributed by atoms with Gasteiger partial charge in [0.1, 0.15) is 0 Å². The van der Waals surface area contributed by atoms with Gasteiger partial charge in [0, 0.05) is 35.7 Å². The number of hydrogen-bond donors (Lipinski definition) is 2. The van der Waals surface area contributed by atoms with E-state index >= 15 is 0 Å². The number of ether oxygens (including phenoxy) is 1. The van der Waals surface area contributed by atoms with Crippen molar-refractivity contribution in [3.8, 4) is 0 Å². The zero-order valence-electron chi connectivity index (χ0n) is 17.2. The molecule has 2 N–H and O–H groups in total. The third-order valence-corrected chi connectivity index (χ3v) is 5.35. The summed E-state index contributed by atoms with van der Waals surface area (Å²) in [6, 6.07) is 0.770. The van der Waals surface area contributed by atoms with Crippen LogP contribution >= 0.6 is 0 Å². The Kier molecular flexibility index (Phi) is 6.39. The van der Waals surface area contributed by atoms with E-state index < -0.39 is 0 Å². The van der Waals surface area contributed by atoms with Crippen molar-refractivity contribution in [2.45, 2.75) is 103 Å². The largest absolute Gasteiger partial charge is 0.375 e. The molecule has 1 heterocycles. The molecule has 4 heteroatoms. The Morgan fingerprint density at radius 1 is 1.00 bits per heavy atom. The first-order valence-electron chi connectivity index (χ1n) is 9.86. The first-order chi connectivity index (χ1) is 11.0. The normalized spacial score (nSPS) is 24.4. The van der Waals surface area contributed by atoms with E-state index in [0.29, 0.717) is 6.10 Å². The van der Waals surface area contributed by atoms with Crippen molar-refractivity contribution in [3.05, 3.63) is 0 Å². The molecule has 4 nitrogen and oxygen atoms in total. The van der Waals surface area contributed by atoms with Gasteiger partial charge in [0.05, 0.1) is 12.7 Å². The third kappa shape index (κ3) is 6.99. The Labute approximate surface area is 150 Å². The fraction of sp³-hybridized carbons (Fsp3) is 1.00. The number of nitrogens with one attached hydrogen (secondary N) is 2. The van der Waals surface area contributed by atoms with E-state index in [2.05, 4.69) is 64.0 Å². The molecule has 2 aliphatic rings. The second-order valence-corrected chi connectivity index (χ2v) is 10.2. The van der Waals surface area contributed by atoms with E-state index in [1.54, 1.807) is 0 Å². The minimum atomic E-state index is 0.112. The third-order valence-electron chi connectivity index (χ3n) is 5.35. The summed E-state index contributed by atoms with van der Waals surface area (Å²) in [7, 11) is 0. The number of hydrogen-bond acceptors (Lipinski definition) is 4. The van der Waals surface area contributed by atoms with Gasteiger partial charge in [0.15, 0.2) is 0 Å². The molecule has 1 aliphatic heterocycles. The van der Waals surface area contributed by atoms with Crippen LogP contribution < -0.4 is 10.6 Å². The Hall–Kier alpha value is -0.160. The molecule has 1 saturated heterocycles. The van der Waals surface area contributed by atoms with E-state index in [-0.39, 0.29) is 16.6 Å². The minimum absolute atomic E-state index is 0.112. The molecule has 2 rings (SSSR count). The van der Waals surface area contributed by atoms with Gasteiger partial charge in [-0.15, -0.1) is 0 Å². The predicted molar refractivity (Wildman–Crippen MR) is 103 cm³/mol. The molecule has 1 saturated carbocycles. The summed E-state index contributed by atoms with van der Waals surface area (Å²) in [5.74, 6) is 0. The molecule has 0 spiro atoms. The highest BCUT2D eigenvalue weighted by Gasteiger charge is 2.33. The van der Waals surface area contributed by atoms with E-state index in [4.69, 9.17) is 4.74 Å². The summed E-state index contributed by atoms with van der Waals surface area (Å²) < 4.78 is 6.05. The Bertz CT molecular complexity index is 396. The highest BCUT2D eigenvalue weighted by atomic mass is 16.5. The van der Waals surface area contributed by atoms with Gasteiger partial charge in [-0.1, -0.05) is 0 Å². The van der Waals surface area contributed by atoms with Crippen molar-refractivity contribution in [1.82, 2.24) is 15.5 Å². The molecule has 0 aromatic carbocycles. The van der Waals surface area contributed by atoms with Crippen LogP contribution in [0.25, 0.3) is 0 Å². The van der Waals surface area contributed by atoms with Gasteiger partial charge in [-0.2, -0.15) is 0 Å². The molecule has 0 bridgehead atoms. The van der Waals surface area contributed by atoms with Crippen molar-refractivity contribution in [1.29, 1.82) is 0 Å². The van der Waals surface area contributed by atoms with Crippen LogP contribution in [0.3, 0.4) is 0 Å². The first-order valence-corrected chi connectivity index (χ1v) is 9.86. The Balaban J connectivity index is 1.73. The van der Waals surface area contributed by atoms with Gasteiger partial charge in [-0.25, -0.2) is 0 Å². The highest BCUT2D eigenvalue weighted by Crippen LogP contribution is 2.25. The molecule has 142 valence electrons. The first kappa shape index (κ1) is 20.2. The predicted octanol–water partition coefficient (Wildman–Crippen LogP) is 3.16. The number of nitrogens with zero attached hydrogens (tertiary/aromatic N) is 1. The lowest BCUT2D eigenvalue weighted by Crippen LogP contribution is -2.54. The second-order valence-electron chi connectivity index (χ2n) is 10.2. The van der Waals surface area contributed by atoms with Crippen LogP contribution in [0.2, 0.25) is 0 Å². The Morgan fingerprint density at radius 3 is 2.25 bits per heavy atom. The average molecular weight is 340 g/mol. The molecule has 0 amide bonds. The quantitative estimate of drug-likeness (QED) is 0.712. The van der Waals surface area contributed by atoms with Crippen molar-refractivity contribution < 1.29 is 4.74 Å². The maximum atomic E-state index is 6.05. The molecular formula is C20H41N3O. The maximum Gasteiger partial charge on any atom is 0.0720 e. The second kappa shape index (κ2) is 7.61. The average Bonchev–Trinajstić information content (AvgIpc) is 3.20. The van der Waals surface area contributed by atoms with Gasteiger partial charge in [-0.3, -0.25) is 4.90 Å². The lowest BCUT2D eigenvalue weighted by molar-refractivity contribution is -0.0685. The lowest BCUT2D eigenvalue weighted by atomic mass is 9.93. The smallest absolute Gasteiger partial charge is 0.0720 e. The van der Waals surface area contributed by atoms with Crippen LogP contribution in [0.5, 0.6) is 0 Å². The monoisotopic (exact) mass is 339 g/mol. The Morgan fingerprint density at radius 2 is 1.67 bits per heavy atom. The molecule has 2 fully saturated rings. The standard InChI is InChI=1S/C20H41N3O/c1-18(2,3)23-12-13-24-17(15-23)14-20(6,7)21-11-10-19(4,5)22-16-8-9-16/h16-17,21-22H,8-15H2,1-7H3. The number of morpholine rings is 1. The summed E-state index contributed by atoms with van der Waals surface area (Å²) in [5, 5.41) is 7.52. The van der Waals surface area contributed by atoms with E-state index in [9.17, 15) is 0 Å². The number of rotatable bonds is 8. The molecule has 0 aromatic heterocycles. The van der Waals surface area contributed by atoms with Crippen LogP contribution in [-0.4, -0.2) is 59.9 Å². The van der Waals surface area contributed by atoms with Crippen molar-refractivity contribution in [2.24, 2.45) is 0 Å². The molecule has 1 aliphatic carbocycles. The van der Waals surface area contributed by atoms with Crippen LogP contribution in [0, 0.1) is 0 Å². The zero-order chi connectivity index (χ0) is 18.0. The van der Waals surface area contributed by atoms with Gasteiger partial charge in [0.2, 0.25) is 0 Å². The van der Waals surface area contributed by atoms with Crippen LogP contribution in [0.1, 0.15) is 74.1 Å². The fourth-order valence-electron chi connectivity index (χ4n) is 3.66. The summed E-state index contributed by atoms with van der Waals surface area (Å²) in [6.07, 6.45) is 5.26. The van der Waals surface area contributed by atoms with E-state index in [1.807, 2.05) is 0 Å². The van der Waals surface area contributed by atoms with Crippen molar-refractivity contribution in [2.75, 3.05) is 26.2 Å². The highest BCUT2D eigenvalue weighted by molar-refractivity contribution is 4.92. The SMILES string of the molecule is CC(C)(CC1CN(C(C)(C)C)CCO1)NCCC(C)(C)NC1CC1. The zero-order valence-corrected chi connectivity index (χ0v) is 17.2. The fourth-order valence-corrected chi connectivity index (χ4v) is 3.66. The summed E-state index contributed by atoms with van der Waals surface area (Å²) in [5.41, 5.74) is 0.577. The molecular weight excluding hydrogens is 298 g/mol. The summed E-state index contributed by atoms with van der Waals surface area (Å²) in [6.45, 7) is 20.2. The van der Waals surface area contributed by atoms with E-state index in [1.165, 1.54) is 12.8 Å². The van der Waals surface area contributed by atoms with Gasteiger partial charge >= 0.3 is 0 Å². The summed E-state index contributed by atoms with van der Waals surface area (Å²) in [4.78, 5) is 2.56. The molecule has 1 atom stereocenters. The molecule has 1 unspecified atom stereocenters. The van der Waals surface area contributed by atoms with Crippen LogP contribution in [0.4, 0.5) is 0 Å². The van der Waals surface area contributed by atoms with Crippen molar-refractivity contribution >= 4 is 0 Å². The topological polar surface area (TPSA) is 36.5 Å². The van der Waals surface area contributed by atoms with Crippen LogP contribution in [-0.2, 0) is 4.74 Å². The minimum Gasteiger partial charge on any atom is -0.375 e. The maximum absolute atomic E-state index is 6.05. The van der Waals surface area contributed by atoms with Gasteiger partial charge in [0.25, 0.3) is 0 Å². The molecule has 0 aromatic rings. The molecule has 0 radical (unpaired) electrons.